The fourth-order valence-electron chi connectivity index (χ4n) is 1.19. The molecule has 1 aromatic carbocycles. The van der Waals surface area contributed by atoms with Crippen LogP contribution in [0.25, 0.3) is 12.3 Å². The number of nitrogens with one attached hydrogen (secondary N) is 1. The topological polar surface area (TPSA) is 29.1 Å². The number of benzene rings is 1. The van der Waals surface area contributed by atoms with Gasteiger partial charge in [-0.3, -0.25) is 0 Å². The molecule has 1 N–H and O–H groups in total. The van der Waals surface area contributed by atoms with E-state index in [4.69, 9.17) is 0 Å². The van der Waals surface area contributed by atoms with E-state index in [0.29, 0.717) is 5.70 Å². The first-order valence-corrected chi connectivity index (χ1v) is 3.69. The maximum absolute atomic E-state index is 10.3. The van der Waals surface area contributed by atoms with Crippen molar-refractivity contribution < 1.29 is 4.79 Å². The Bertz CT molecular complexity index is 467. The van der Waals surface area contributed by atoms with Crippen LogP contribution in [-0.4, -0.2) is 5.94 Å². The average molecular weight is 157 g/mol. The monoisotopic (exact) mass is 157 g/mol. The van der Waals surface area contributed by atoms with Crippen LogP contribution >= 0.6 is 0 Å². The molecular formula is C10H7NO. The van der Waals surface area contributed by atoms with Crippen molar-refractivity contribution in [3.63, 3.8) is 0 Å². The molecule has 0 fully saturated rings. The number of hydrogen-bond acceptors (Lipinski definition) is 2. The largest absolute Gasteiger partial charge is 0.352 e. The molecule has 0 aliphatic carbocycles. The Morgan fingerprint density at radius 1 is 1.17 bits per heavy atom. The Balaban J connectivity index is 2.80. The molecule has 2 rings (SSSR count). The van der Waals surface area contributed by atoms with E-state index in [9.17, 15) is 4.79 Å². The van der Waals surface area contributed by atoms with E-state index in [0.717, 1.165) is 10.4 Å². The number of fused-ring (bicyclic) bond motifs is 1. The zero-order chi connectivity index (χ0) is 8.39. The maximum atomic E-state index is 10.3. The van der Waals surface area contributed by atoms with Gasteiger partial charge in [0.1, 0.15) is 5.70 Å². The highest BCUT2D eigenvalue weighted by Crippen LogP contribution is 1.86. The third kappa shape index (κ3) is 1.04. The lowest BCUT2D eigenvalue weighted by atomic mass is 10.2. The van der Waals surface area contributed by atoms with Gasteiger partial charge in [-0.2, -0.15) is 0 Å². The van der Waals surface area contributed by atoms with E-state index in [1.165, 1.54) is 0 Å². The highest BCUT2D eigenvalue weighted by atomic mass is 16.1. The van der Waals surface area contributed by atoms with E-state index < -0.39 is 0 Å². The summed E-state index contributed by atoms with van der Waals surface area (Å²) in [6.45, 7) is 0. The maximum Gasteiger partial charge on any atom is 0.150 e. The van der Waals surface area contributed by atoms with Gasteiger partial charge >= 0.3 is 0 Å². The quantitative estimate of drug-likeness (QED) is 0.515. The number of carbonyl (C=O) groups excluding carboxylic acids is 1. The molecule has 1 aromatic rings. The molecule has 58 valence electrons. The van der Waals surface area contributed by atoms with Crippen LogP contribution in [0, 0.1) is 0 Å². The lowest BCUT2D eigenvalue weighted by molar-refractivity contribution is 0.567. The van der Waals surface area contributed by atoms with Crippen molar-refractivity contribution in [2.45, 2.75) is 0 Å². The average Bonchev–Trinajstić information content (AvgIpc) is 2.17. The Morgan fingerprint density at radius 3 is 2.67 bits per heavy atom. The summed E-state index contributed by atoms with van der Waals surface area (Å²) in [5, 5.41) is 4.98. The Labute approximate surface area is 69.5 Å². The molecule has 1 heterocycles. The van der Waals surface area contributed by atoms with Gasteiger partial charge in [-0.05, 0) is 16.5 Å². The lowest BCUT2D eigenvalue weighted by Gasteiger charge is -2.02. The van der Waals surface area contributed by atoms with Crippen LogP contribution in [0.5, 0.6) is 0 Å². The van der Waals surface area contributed by atoms with E-state index in [1.54, 1.807) is 12.3 Å². The standard InChI is InChI=1S/C10H7NO/c12-7-10-5-8-3-1-2-4-9(8)6-11-10/h1-6,11H. The Hall–Kier alpha value is -1.79. The zero-order valence-electron chi connectivity index (χ0n) is 6.37. The number of hydrogen-bond donors (Lipinski definition) is 1. The van der Waals surface area contributed by atoms with Crippen LogP contribution < -0.4 is 15.8 Å². The van der Waals surface area contributed by atoms with Crippen molar-refractivity contribution in [3.05, 3.63) is 40.4 Å². The van der Waals surface area contributed by atoms with Crippen LogP contribution in [0.15, 0.2) is 30.0 Å². The minimum Gasteiger partial charge on any atom is -0.352 e. The minimum atomic E-state index is 0.480. The molecule has 1 aliphatic heterocycles. The summed E-state index contributed by atoms with van der Waals surface area (Å²) in [5.41, 5.74) is 0.480. The molecule has 0 unspecified atom stereocenters. The minimum absolute atomic E-state index is 0.480. The normalized spacial score (nSPS) is 13.2. The summed E-state index contributed by atoms with van der Waals surface area (Å²) in [6, 6.07) is 7.85. The molecule has 0 saturated heterocycles. The fourth-order valence-corrected chi connectivity index (χ4v) is 1.19. The molecule has 0 amide bonds. The molecule has 2 nitrogen and oxygen atoms in total. The molecule has 0 saturated carbocycles. The first kappa shape index (κ1) is 6.89. The fraction of sp³-hybridized carbons (Fsp3) is 0. The van der Waals surface area contributed by atoms with E-state index in [2.05, 4.69) is 5.32 Å². The second-order valence-corrected chi connectivity index (χ2v) is 2.58. The summed E-state index contributed by atoms with van der Waals surface area (Å²) < 4.78 is 0. The molecule has 0 atom stereocenters. The summed E-state index contributed by atoms with van der Waals surface area (Å²) in [7, 11) is 0. The second kappa shape index (κ2) is 2.68. The predicted octanol–water partition coefficient (Wildman–Crippen LogP) is -0.476. The van der Waals surface area contributed by atoms with Gasteiger partial charge in [0.05, 0.1) is 0 Å². The SMILES string of the molecule is O=C=C1C=c2ccccc2=CN1. The lowest BCUT2D eigenvalue weighted by Crippen LogP contribution is -2.31. The van der Waals surface area contributed by atoms with Crippen LogP contribution in [-0.2, 0) is 4.79 Å². The van der Waals surface area contributed by atoms with E-state index in [1.807, 2.05) is 30.2 Å². The number of allylic oxidation sites excluding steroid dienone is 1. The molecule has 1 aliphatic rings. The van der Waals surface area contributed by atoms with Gasteiger partial charge in [0.15, 0.2) is 5.94 Å². The molecule has 0 bridgehead atoms. The summed E-state index contributed by atoms with van der Waals surface area (Å²) in [4.78, 5) is 10.3. The summed E-state index contributed by atoms with van der Waals surface area (Å²) in [6.07, 6.45) is 3.58. The molecule has 2 heteroatoms. The summed E-state index contributed by atoms with van der Waals surface area (Å²) >= 11 is 0. The van der Waals surface area contributed by atoms with E-state index >= 15 is 0 Å². The Kier molecular flexibility index (Phi) is 1.54. The highest BCUT2D eigenvalue weighted by Gasteiger charge is 1.95. The van der Waals surface area contributed by atoms with Crippen molar-refractivity contribution >= 4 is 18.2 Å². The van der Waals surface area contributed by atoms with Crippen LogP contribution in [0.1, 0.15) is 0 Å². The molecule has 0 aromatic heterocycles. The van der Waals surface area contributed by atoms with Crippen LogP contribution in [0.2, 0.25) is 0 Å². The van der Waals surface area contributed by atoms with Gasteiger partial charge < -0.3 is 5.32 Å². The third-order valence-electron chi connectivity index (χ3n) is 1.79. The predicted molar refractivity (Wildman–Crippen MR) is 47.0 cm³/mol. The van der Waals surface area contributed by atoms with Crippen molar-refractivity contribution in [1.29, 1.82) is 0 Å². The molecule has 0 radical (unpaired) electrons. The van der Waals surface area contributed by atoms with Crippen molar-refractivity contribution in [1.82, 2.24) is 5.32 Å². The van der Waals surface area contributed by atoms with Gasteiger partial charge in [0.25, 0.3) is 0 Å². The first-order valence-electron chi connectivity index (χ1n) is 3.69. The van der Waals surface area contributed by atoms with Gasteiger partial charge in [0.2, 0.25) is 0 Å². The smallest absolute Gasteiger partial charge is 0.150 e. The number of rotatable bonds is 0. The van der Waals surface area contributed by atoms with Crippen molar-refractivity contribution in [2.24, 2.45) is 0 Å². The van der Waals surface area contributed by atoms with Gasteiger partial charge in [-0.15, -0.1) is 0 Å². The zero-order valence-corrected chi connectivity index (χ0v) is 6.37. The van der Waals surface area contributed by atoms with E-state index in [-0.39, 0.29) is 0 Å². The van der Waals surface area contributed by atoms with Crippen LogP contribution in [0.4, 0.5) is 0 Å². The summed E-state index contributed by atoms with van der Waals surface area (Å²) in [5.74, 6) is 1.81. The van der Waals surface area contributed by atoms with Gasteiger partial charge in [0, 0.05) is 6.20 Å². The van der Waals surface area contributed by atoms with Gasteiger partial charge in [-0.25, -0.2) is 4.79 Å². The van der Waals surface area contributed by atoms with Crippen molar-refractivity contribution in [3.8, 4) is 0 Å². The second-order valence-electron chi connectivity index (χ2n) is 2.58. The molecular weight excluding hydrogens is 150 g/mol. The molecule has 0 spiro atoms. The third-order valence-corrected chi connectivity index (χ3v) is 1.79. The van der Waals surface area contributed by atoms with Crippen LogP contribution in [0.3, 0.4) is 0 Å². The molecule has 12 heavy (non-hydrogen) atoms. The Morgan fingerprint density at radius 2 is 1.92 bits per heavy atom. The van der Waals surface area contributed by atoms with Crippen molar-refractivity contribution in [2.75, 3.05) is 0 Å². The highest BCUT2D eigenvalue weighted by molar-refractivity contribution is 5.70. The first-order chi connectivity index (χ1) is 5.90. The van der Waals surface area contributed by atoms with Gasteiger partial charge in [-0.1, -0.05) is 24.3 Å².